The largest absolute Gasteiger partial charge is 0.369 e. The monoisotopic (exact) mass is 323 g/mol. The number of aromatic nitrogens is 3. The molecule has 0 amide bonds. The standard InChI is InChI=1S/C17H21N7/c1-23(2)17-20-8-6-16(22-17)21-13-4-3-9-24(12-13)15-5-7-19-14(10-15)11-18/h5-8,10,13H,3-4,9,12H2,1-2H3,(H,20,21,22). The second-order valence-electron chi connectivity index (χ2n) is 6.08. The Balaban J connectivity index is 1.69. The number of rotatable bonds is 4. The van der Waals surface area contributed by atoms with Crippen LogP contribution in [0.4, 0.5) is 17.5 Å². The molecular weight excluding hydrogens is 302 g/mol. The number of hydrogen-bond donors (Lipinski definition) is 1. The third-order valence-corrected chi connectivity index (χ3v) is 4.04. The molecule has 7 heteroatoms. The number of anilines is 3. The second-order valence-corrected chi connectivity index (χ2v) is 6.08. The van der Waals surface area contributed by atoms with Crippen LogP contribution < -0.4 is 15.1 Å². The average molecular weight is 323 g/mol. The van der Waals surface area contributed by atoms with Crippen molar-refractivity contribution in [2.75, 3.05) is 42.3 Å². The Kier molecular flexibility index (Phi) is 4.75. The molecule has 1 saturated heterocycles. The van der Waals surface area contributed by atoms with Gasteiger partial charge in [-0.1, -0.05) is 0 Å². The van der Waals surface area contributed by atoms with Crippen molar-refractivity contribution in [3.63, 3.8) is 0 Å². The van der Waals surface area contributed by atoms with Crippen LogP contribution in [0.15, 0.2) is 30.6 Å². The van der Waals surface area contributed by atoms with Crippen LogP contribution in [-0.4, -0.2) is 48.2 Å². The minimum Gasteiger partial charge on any atom is -0.369 e. The smallest absolute Gasteiger partial charge is 0.226 e. The van der Waals surface area contributed by atoms with E-state index in [1.165, 1.54) is 0 Å². The van der Waals surface area contributed by atoms with Gasteiger partial charge in [0.2, 0.25) is 5.95 Å². The van der Waals surface area contributed by atoms with Crippen LogP contribution in [0.2, 0.25) is 0 Å². The lowest BCUT2D eigenvalue weighted by Crippen LogP contribution is -2.42. The summed E-state index contributed by atoms with van der Waals surface area (Å²) in [5, 5.41) is 12.5. The number of nitrogens with one attached hydrogen (secondary N) is 1. The summed E-state index contributed by atoms with van der Waals surface area (Å²) in [7, 11) is 3.86. The fourth-order valence-corrected chi connectivity index (χ4v) is 2.86. The van der Waals surface area contributed by atoms with Gasteiger partial charge in [0.15, 0.2) is 0 Å². The van der Waals surface area contributed by atoms with Crippen molar-refractivity contribution in [2.45, 2.75) is 18.9 Å². The minimum absolute atomic E-state index is 0.308. The molecule has 3 heterocycles. The zero-order valence-electron chi connectivity index (χ0n) is 14.0. The number of piperidine rings is 1. The van der Waals surface area contributed by atoms with E-state index < -0.39 is 0 Å². The molecule has 0 saturated carbocycles. The summed E-state index contributed by atoms with van der Waals surface area (Å²) in [6.07, 6.45) is 5.65. The van der Waals surface area contributed by atoms with Gasteiger partial charge >= 0.3 is 0 Å². The summed E-state index contributed by atoms with van der Waals surface area (Å²) in [6, 6.07) is 8.10. The van der Waals surface area contributed by atoms with Gasteiger partial charge in [-0.3, -0.25) is 0 Å². The van der Waals surface area contributed by atoms with Gasteiger partial charge in [-0.25, -0.2) is 9.97 Å². The first-order valence-electron chi connectivity index (χ1n) is 8.04. The first kappa shape index (κ1) is 16.0. The van der Waals surface area contributed by atoms with E-state index >= 15 is 0 Å². The SMILES string of the molecule is CN(C)c1nccc(NC2CCCN(c3ccnc(C#N)c3)C2)n1. The first-order valence-corrected chi connectivity index (χ1v) is 8.04. The molecule has 0 aliphatic carbocycles. The van der Waals surface area contributed by atoms with Crippen LogP contribution in [-0.2, 0) is 0 Å². The number of nitrogens with zero attached hydrogens (tertiary/aromatic N) is 6. The summed E-state index contributed by atoms with van der Waals surface area (Å²) in [5.74, 6) is 1.54. The van der Waals surface area contributed by atoms with Crippen molar-refractivity contribution < 1.29 is 0 Å². The number of hydrogen-bond acceptors (Lipinski definition) is 7. The van der Waals surface area contributed by atoms with E-state index in [0.717, 1.165) is 37.4 Å². The van der Waals surface area contributed by atoms with Gasteiger partial charge < -0.3 is 15.1 Å². The molecule has 1 unspecified atom stereocenters. The van der Waals surface area contributed by atoms with Crippen molar-refractivity contribution in [3.05, 3.63) is 36.3 Å². The van der Waals surface area contributed by atoms with Crippen molar-refractivity contribution in [1.29, 1.82) is 5.26 Å². The van der Waals surface area contributed by atoms with E-state index in [-0.39, 0.29) is 0 Å². The van der Waals surface area contributed by atoms with Gasteiger partial charge in [0.1, 0.15) is 17.6 Å². The van der Waals surface area contributed by atoms with Crippen molar-refractivity contribution >= 4 is 17.5 Å². The van der Waals surface area contributed by atoms with E-state index in [1.807, 2.05) is 37.2 Å². The second kappa shape index (κ2) is 7.13. The van der Waals surface area contributed by atoms with Crippen LogP contribution in [0.1, 0.15) is 18.5 Å². The average Bonchev–Trinajstić information content (AvgIpc) is 2.62. The molecule has 0 bridgehead atoms. The lowest BCUT2D eigenvalue weighted by atomic mass is 10.0. The normalized spacial score (nSPS) is 17.2. The summed E-state index contributed by atoms with van der Waals surface area (Å²) in [4.78, 5) is 17.0. The maximum atomic E-state index is 9.02. The van der Waals surface area contributed by atoms with Crippen LogP contribution in [0.5, 0.6) is 0 Å². The summed E-state index contributed by atoms with van der Waals surface area (Å²) >= 11 is 0. The molecule has 1 aliphatic rings. The molecule has 0 aromatic carbocycles. The van der Waals surface area contributed by atoms with E-state index in [0.29, 0.717) is 17.7 Å². The molecule has 1 fully saturated rings. The topological polar surface area (TPSA) is 81.0 Å². The van der Waals surface area contributed by atoms with Gasteiger partial charge in [0.05, 0.1) is 0 Å². The number of nitriles is 1. The Morgan fingerprint density at radius 2 is 2.12 bits per heavy atom. The lowest BCUT2D eigenvalue weighted by Gasteiger charge is -2.35. The van der Waals surface area contributed by atoms with Crippen LogP contribution in [0.25, 0.3) is 0 Å². The maximum Gasteiger partial charge on any atom is 0.226 e. The predicted molar refractivity (Wildman–Crippen MR) is 94.2 cm³/mol. The van der Waals surface area contributed by atoms with Gasteiger partial charge in [-0.05, 0) is 31.0 Å². The Morgan fingerprint density at radius 3 is 2.92 bits per heavy atom. The van der Waals surface area contributed by atoms with Crippen molar-refractivity contribution in [2.24, 2.45) is 0 Å². The van der Waals surface area contributed by atoms with Gasteiger partial charge in [0, 0.05) is 51.3 Å². The molecule has 0 radical (unpaired) electrons. The Hall–Kier alpha value is -2.88. The molecule has 7 nitrogen and oxygen atoms in total. The Labute approximate surface area is 142 Å². The van der Waals surface area contributed by atoms with Crippen LogP contribution in [0.3, 0.4) is 0 Å². The highest BCUT2D eigenvalue weighted by molar-refractivity contribution is 5.50. The zero-order chi connectivity index (χ0) is 16.9. The molecule has 2 aromatic rings. The molecule has 0 spiro atoms. The summed E-state index contributed by atoms with van der Waals surface area (Å²) in [5.41, 5.74) is 1.50. The quantitative estimate of drug-likeness (QED) is 0.920. The van der Waals surface area contributed by atoms with E-state index in [1.54, 1.807) is 12.4 Å². The third-order valence-electron chi connectivity index (χ3n) is 4.04. The highest BCUT2D eigenvalue weighted by Gasteiger charge is 2.21. The van der Waals surface area contributed by atoms with Crippen LogP contribution >= 0.6 is 0 Å². The zero-order valence-corrected chi connectivity index (χ0v) is 14.0. The minimum atomic E-state index is 0.308. The highest BCUT2D eigenvalue weighted by Crippen LogP contribution is 2.22. The van der Waals surface area contributed by atoms with E-state index in [9.17, 15) is 0 Å². The summed E-state index contributed by atoms with van der Waals surface area (Å²) in [6.45, 7) is 1.86. The van der Waals surface area contributed by atoms with Crippen LogP contribution in [0, 0.1) is 11.3 Å². The third kappa shape index (κ3) is 3.71. The van der Waals surface area contributed by atoms with Crippen molar-refractivity contribution in [1.82, 2.24) is 15.0 Å². The van der Waals surface area contributed by atoms with E-state index in [4.69, 9.17) is 5.26 Å². The molecule has 1 aliphatic heterocycles. The maximum absolute atomic E-state index is 9.02. The number of pyridine rings is 1. The fraction of sp³-hybridized carbons (Fsp3) is 0.412. The molecule has 124 valence electrons. The summed E-state index contributed by atoms with van der Waals surface area (Å²) < 4.78 is 0. The fourth-order valence-electron chi connectivity index (χ4n) is 2.86. The predicted octanol–water partition coefficient (Wildman–Crippen LogP) is 1.89. The van der Waals surface area contributed by atoms with Gasteiger partial charge in [-0.15, -0.1) is 0 Å². The Bertz CT molecular complexity index is 738. The Morgan fingerprint density at radius 1 is 1.29 bits per heavy atom. The van der Waals surface area contributed by atoms with Gasteiger partial charge in [-0.2, -0.15) is 10.2 Å². The molecular formula is C17H21N7. The lowest BCUT2D eigenvalue weighted by molar-refractivity contribution is 0.528. The van der Waals surface area contributed by atoms with E-state index in [2.05, 4.69) is 31.2 Å². The molecule has 1 atom stereocenters. The molecule has 1 N–H and O–H groups in total. The molecule has 2 aromatic heterocycles. The molecule has 24 heavy (non-hydrogen) atoms. The highest BCUT2D eigenvalue weighted by atomic mass is 15.2. The van der Waals surface area contributed by atoms with Gasteiger partial charge in [0.25, 0.3) is 0 Å². The molecule has 3 rings (SSSR count). The van der Waals surface area contributed by atoms with Crippen molar-refractivity contribution in [3.8, 4) is 6.07 Å². The first-order chi connectivity index (χ1) is 11.7.